The fourth-order valence-corrected chi connectivity index (χ4v) is 5.54. The van der Waals surface area contributed by atoms with E-state index in [1.165, 1.54) is 64.2 Å². The van der Waals surface area contributed by atoms with Gasteiger partial charge in [-0.2, -0.15) is 0 Å². The lowest BCUT2D eigenvalue weighted by atomic mass is 10.1. The Labute approximate surface area is 294 Å². The molecule has 0 heterocycles. The Balaban J connectivity index is 4.06. The van der Waals surface area contributed by atoms with Crippen molar-refractivity contribution >= 4 is 19.8 Å². The molecule has 0 aliphatic carbocycles. The van der Waals surface area contributed by atoms with Gasteiger partial charge in [-0.3, -0.25) is 18.6 Å². The molecule has 0 aliphatic heterocycles. The number of phosphoric acid groups is 1. The molecular weight excluding hydrogens is 627 g/mol. The van der Waals surface area contributed by atoms with E-state index in [1.54, 1.807) is 0 Å². The molecule has 280 valence electrons. The van der Waals surface area contributed by atoms with Crippen molar-refractivity contribution in [2.75, 3.05) is 20.3 Å². The van der Waals surface area contributed by atoms with Crippen LogP contribution < -0.4 is 0 Å². The van der Waals surface area contributed by atoms with Crippen molar-refractivity contribution in [1.82, 2.24) is 0 Å². The van der Waals surface area contributed by atoms with Gasteiger partial charge < -0.3 is 14.4 Å². The van der Waals surface area contributed by atoms with E-state index >= 15 is 0 Å². The topological polar surface area (TPSA) is 108 Å². The Morgan fingerprint density at radius 3 is 1.54 bits per heavy atom. The first-order valence-electron chi connectivity index (χ1n) is 19.2. The summed E-state index contributed by atoms with van der Waals surface area (Å²) in [4.78, 5) is 34.3. The minimum absolute atomic E-state index is 0.232. The standard InChI is InChI=1S/C39H71O8P/c1-4-6-8-10-12-14-16-17-18-19-20-21-22-24-26-28-30-32-34-39(41)47-37(36-46-48(42,43)44-3)35-45-38(40)33-31-29-27-25-23-15-13-11-9-7-5-2/h11,13-14,16,18-19,37H,4-10,12,15,17,20-36H2,1-3H3,(H,42,43)/b13-11-,16-14-,19-18-. The quantitative estimate of drug-likeness (QED) is 0.0301. The smallest absolute Gasteiger partial charge is 0.462 e. The van der Waals surface area contributed by atoms with Crippen LogP contribution in [-0.2, 0) is 32.7 Å². The third kappa shape index (κ3) is 34.1. The lowest BCUT2D eigenvalue weighted by molar-refractivity contribution is -0.161. The van der Waals surface area contributed by atoms with E-state index < -0.39 is 26.5 Å². The summed E-state index contributed by atoms with van der Waals surface area (Å²) in [6.45, 7) is 3.81. The van der Waals surface area contributed by atoms with Gasteiger partial charge in [-0.25, -0.2) is 4.57 Å². The van der Waals surface area contributed by atoms with Crippen molar-refractivity contribution in [1.29, 1.82) is 0 Å². The van der Waals surface area contributed by atoms with Crippen molar-refractivity contribution in [2.45, 2.75) is 180 Å². The highest BCUT2D eigenvalue weighted by Gasteiger charge is 2.24. The molecule has 8 nitrogen and oxygen atoms in total. The third-order valence-electron chi connectivity index (χ3n) is 8.11. The molecule has 2 atom stereocenters. The van der Waals surface area contributed by atoms with E-state index in [0.29, 0.717) is 6.42 Å². The molecule has 0 aromatic heterocycles. The van der Waals surface area contributed by atoms with Gasteiger partial charge in [-0.15, -0.1) is 0 Å². The molecule has 2 unspecified atom stereocenters. The van der Waals surface area contributed by atoms with Crippen molar-refractivity contribution in [3.8, 4) is 0 Å². The maximum absolute atomic E-state index is 12.5. The normalized spacial score (nSPS) is 13.8. The maximum atomic E-state index is 12.5. The summed E-state index contributed by atoms with van der Waals surface area (Å²) >= 11 is 0. The molecule has 0 aromatic carbocycles. The zero-order valence-corrected chi connectivity index (χ0v) is 31.8. The second-order valence-electron chi connectivity index (χ2n) is 12.7. The van der Waals surface area contributed by atoms with Crippen LogP contribution >= 0.6 is 7.82 Å². The first kappa shape index (κ1) is 46.3. The number of unbranched alkanes of at least 4 members (excludes halogenated alkanes) is 18. The average Bonchev–Trinajstić information content (AvgIpc) is 3.07. The molecule has 0 bridgehead atoms. The number of hydrogen-bond acceptors (Lipinski definition) is 7. The summed E-state index contributed by atoms with van der Waals surface area (Å²) in [6, 6.07) is 0. The van der Waals surface area contributed by atoms with Gasteiger partial charge in [0.25, 0.3) is 0 Å². The van der Waals surface area contributed by atoms with Crippen LogP contribution in [0.3, 0.4) is 0 Å². The Kier molecular flexibility index (Phi) is 33.8. The Hall–Kier alpha value is -1.73. The number of carbonyl (C=O) groups excluding carboxylic acids is 2. The van der Waals surface area contributed by atoms with Crippen molar-refractivity contribution in [3.05, 3.63) is 36.5 Å². The van der Waals surface area contributed by atoms with Gasteiger partial charge in [0, 0.05) is 20.0 Å². The third-order valence-corrected chi connectivity index (χ3v) is 9.04. The van der Waals surface area contributed by atoms with Gasteiger partial charge >= 0.3 is 19.8 Å². The lowest BCUT2D eigenvalue weighted by Gasteiger charge is -2.19. The van der Waals surface area contributed by atoms with E-state index in [9.17, 15) is 19.0 Å². The van der Waals surface area contributed by atoms with Gasteiger partial charge in [-0.05, 0) is 64.2 Å². The molecule has 0 spiro atoms. The molecule has 0 aromatic rings. The van der Waals surface area contributed by atoms with Gasteiger partial charge in [0.2, 0.25) is 0 Å². The van der Waals surface area contributed by atoms with Crippen molar-refractivity contribution in [3.63, 3.8) is 0 Å². The Morgan fingerprint density at radius 1 is 0.583 bits per heavy atom. The van der Waals surface area contributed by atoms with Crippen LogP contribution in [0.2, 0.25) is 0 Å². The molecule has 0 fully saturated rings. The molecule has 0 rings (SSSR count). The van der Waals surface area contributed by atoms with Gasteiger partial charge in [0.05, 0.1) is 6.61 Å². The van der Waals surface area contributed by atoms with Crippen LogP contribution in [0, 0.1) is 0 Å². The van der Waals surface area contributed by atoms with Gasteiger partial charge in [0.15, 0.2) is 6.10 Å². The second kappa shape index (κ2) is 35.1. The van der Waals surface area contributed by atoms with E-state index in [0.717, 1.165) is 84.2 Å². The number of esters is 2. The van der Waals surface area contributed by atoms with Crippen LogP contribution in [0.15, 0.2) is 36.5 Å². The predicted molar refractivity (Wildman–Crippen MR) is 198 cm³/mol. The number of allylic oxidation sites excluding steroid dienone is 6. The summed E-state index contributed by atoms with van der Waals surface area (Å²) in [5, 5.41) is 0. The van der Waals surface area contributed by atoms with Crippen LogP contribution in [0.25, 0.3) is 0 Å². The zero-order chi connectivity index (χ0) is 35.4. The van der Waals surface area contributed by atoms with Crippen LogP contribution in [0.4, 0.5) is 0 Å². The largest absolute Gasteiger partial charge is 0.472 e. The van der Waals surface area contributed by atoms with Crippen molar-refractivity contribution in [2.24, 2.45) is 0 Å². The van der Waals surface area contributed by atoms with E-state index in [2.05, 4.69) is 54.8 Å². The number of ether oxygens (including phenoxy) is 2. The zero-order valence-electron chi connectivity index (χ0n) is 30.9. The Morgan fingerprint density at radius 2 is 1.02 bits per heavy atom. The molecular formula is C39H71O8P. The first-order valence-corrected chi connectivity index (χ1v) is 20.7. The van der Waals surface area contributed by atoms with E-state index in [-0.39, 0.29) is 25.4 Å². The summed E-state index contributed by atoms with van der Waals surface area (Å²) in [5.74, 6) is -0.825. The summed E-state index contributed by atoms with van der Waals surface area (Å²) in [7, 11) is -3.20. The lowest BCUT2D eigenvalue weighted by Crippen LogP contribution is -2.29. The average molecular weight is 699 g/mol. The number of phosphoric ester groups is 1. The molecule has 0 radical (unpaired) electrons. The molecule has 0 saturated heterocycles. The fourth-order valence-electron chi connectivity index (χ4n) is 5.08. The summed E-state index contributed by atoms with van der Waals surface area (Å²) in [5.41, 5.74) is 0. The van der Waals surface area contributed by atoms with E-state index in [1.807, 2.05) is 0 Å². The molecule has 0 saturated carbocycles. The van der Waals surface area contributed by atoms with Gasteiger partial charge in [0.1, 0.15) is 6.61 Å². The highest BCUT2D eigenvalue weighted by molar-refractivity contribution is 7.47. The molecule has 0 aliphatic rings. The molecule has 9 heteroatoms. The highest BCUT2D eigenvalue weighted by Crippen LogP contribution is 2.42. The fraction of sp³-hybridized carbons (Fsp3) is 0.795. The predicted octanol–water partition coefficient (Wildman–Crippen LogP) is 11.7. The number of rotatable bonds is 35. The van der Waals surface area contributed by atoms with Crippen LogP contribution in [-0.4, -0.2) is 43.3 Å². The number of hydrogen-bond donors (Lipinski definition) is 1. The van der Waals surface area contributed by atoms with Crippen LogP contribution in [0.5, 0.6) is 0 Å². The molecule has 48 heavy (non-hydrogen) atoms. The van der Waals surface area contributed by atoms with Gasteiger partial charge in [-0.1, -0.05) is 134 Å². The SMILES string of the molecule is CCCC/C=C\CCCCCCCC(=O)OCC(COP(=O)(O)OC)OC(=O)CCCCCCCCC/C=C\C/C=C\CCCCCC. The summed E-state index contributed by atoms with van der Waals surface area (Å²) in [6.07, 6.45) is 39.1. The first-order chi connectivity index (χ1) is 23.3. The molecule has 0 amide bonds. The minimum atomic E-state index is -4.26. The Bertz CT molecular complexity index is 885. The molecule has 1 N–H and O–H groups in total. The second-order valence-corrected chi connectivity index (χ2v) is 14.3. The minimum Gasteiger partial charge on any atom is -0.462 e. The van der Waals surface area contributed by atoms with Crippen molar-refractivity contribution < 1.29 is 37.6 Å². The highest BCUT2D eigenvalue weighted by atomic mass is 31.2. The number of carbonyl (C=O) groups is 2. The maximum Gasteiger partial charge on any atom is 0.472 e. The summed E-state index contributed by atoms with van der Waals surface area (Å²) < 4.78 is 31.8. The van der Waals surface area contributed by atoms with E-state index in [4.69, 9.17) is 14.0 Å². The monoisotopic (exact) mass is 698 g/mol. The van der Waals surface area contributed by atoms with Crippen LogP contribution in [0.1, 0.15) is 174 Å².